The van der Waals surface area contributed by atoms with Crippen LogP contribution in [-0.2, 0) is 27.2 Å². The Labute approximate surface area is 257 Å². The standard InChI is InChI=1S/C26H35NO4.C6H8O7/c1-3-27(4-2)15-5-6-20(7-9-21-11-13-23-25(16-21)30-18-28-23)8-10-22-12-14-24-26(17-22)31-19-29-24;7-3(8)1-6(13,5(11)12)2-4(9)10/h11-14,16-17,20H,3-10,15,18-19H2,1-2H3;13H,1-2H2,(H,7,8)(H,9,10)(H,11,12). The van der Waals surface area contributed by atoms with E-state index in [0.717, 1.165) is 48.9 Å². The van der Waals surface area contributed by atoms with E-state index in [1.165, 1.54) is 43.4 Å². The predicted molar refractivity (Wildman–Crippen MR) is 159 cm³/mol. The van der Waals surface area contributed by atoms with Crippen molar-refractivity contribution in [3.8, 4) is 23.0 Å². The number of hydrogen-bond donors (Lipinski definition) is 4. The summed E-state index contributed by atoms with van der Waals surface area (Å²) in [5, 5.41) is 33.8. The van der Waals surface area contributed by atoms with Gasteiger partial charge < -0.3 is 44.3 Å². The Kier molecular flexibility index (Phi) is 13.1. The molecule has 2 aliphatic rings. The summed E-state index contributed by atoms with van der Waals surface area (Å²) in [5.41, 5.74) is -0.0698. The third-order valence-electron chi connectivity index (χ3n) is 7.82. The van der Waals surface area contributed by atoms with Crippen LogP contribution in [0, 0.1) is 5.92 Å². The second-order valence-electron chi connectivity index (χ2n) is 11.0. The van der Waals surface area contributed by atoms with Gasteiger partial charge in [-0.15, -0.1) is 0 Å². The maximum absolute atomic E-state index is 10.3. The van der Waals surface area contributed by atoms with E-state index < -0.39 is 36.4 Å². The molecule has 0 radical (unpaired) electrons. The van der Waals surface area contributed by atoms with Crippen molar-refractivity contribution in [3.63, 3.8) is 0 Å². The number of fused-ring (bicyclic) bond motifs is 2. The minimum Gasteiger partial charge on any atom is -0.481 e. The second-order valence-corrected chi connectivity index (χ2v) is 11.0. The molecule has 0 fully saturated rings. The van der Waals surface area contributed by atoms with Crippen molar-refractivity contribution < 1.29 is 53.8 Å². The quantitative estimate of drug-likeness (QED) is 0.200. The third kappa shape index (κ3) is 10.6. The number of carbonyl (C=O) groups is 3. The number of nitrogens with zero attached hydrogens (tertiary/aromatic N) is 1. The smallest absolute Gasteiger partial charge is 0.336 e. The Morgan fingerprint density at radius 2 is 1.20 bits per heavy atom. The summed E-state index contributed by atoms with van der Waals surface area (Å²) in [4.78, 5) is 33.0. The molecule has 2 aliphatic heterocycles. The molecule has 0 atom stereocenters. The number of ether oxygens (including phenoxy) is 4. The summed E-state index contributed by atoms with van der Waals surface area (Å²) in [6, 6.07) is 12.7. The molecule has 2 heterocycles. The lowest BCUT2D eigenvalue weighted by molar-refractivity contribution is -0.170. The van der Waals surface area contributed by atoms with Gasteiger partial charge in [-0.25, -0.2) is 4.79 Å². The Bertz CT molecular complexity index is 1180. The number of carboxylic acid groups (broad SMARTS) is 3. The van der Waals surface area contributed by atoms with Crippen LogP contribution in [0.5, 0.6) is 23.0 Å². The highest BCUT2D eigenvalue weighted by Crippen LogP contribution is 2.35. The van der Waals surface area contributed by atoms with Gasteiger partial charge in [0.1, 0.15) is 0 Å². The molecule has 12 heteroatoms. The van der Waals surface area contributed by atoms with Crippen LogP contribution in [0.1, 0.15) is 63.5 Å². The minimum absolute atomic E-state index is 0.336. The highest BCUT2D eigenvalue weighted by Gasteiger charge is 2.40. The maximum Gasteiger partial charge on any atom is 0.336 e. The first-order valence-electron chi connectivity index (χ1n) is 14.9. The van der Waals surface area contributed by atoms with Gasteiger partial charge in [0.25, 0.3) is 0 Å². The summed E-state index contributed by atoms with van der Waals surface area (Å²) in [6.45, 7) is 8.63. The van der Waals surface area contributed by atoms with E-state index in [-0.39, 0.29) is 0 Å². The monoisotopic (exact) mass is 617 g/mol. The van der Waals surface area contributed by atoms with Crippen molar-refractivity contribution in [2.24, 2.45) is 5.92 Å². The molecule has 0 saturated heterocycles. The molecule has 4 rings (SSSR count). The van der Waals surface area contributed by atoms with Gasteiger partial charge in [0.2, 0.25) is 13.6 Å². The van der Waals surface area contributed by atoms with Crippen molar-refractivity contribution in [3.05, 3.63) is 47.5 Å². The predicted octanol–water partition coefficient (Wildman–Crippen LogP) is 4.20. The summed E-state index contributed by atoms with van der Waals surface area (Å²) in [7, 11) is 0. The van der Waals surface area contributed by atoms with Gasteiger partial charge in [0, 0.05) is 0 Å². The van der Waals surface area contributed by atoms with Crippen molar-refractivity contribution >= 4 is 17.9 Å². The molecular weight excluding hydrogens is 574 g/mol. The molecule has 0 aliphatic carbocycles. The van der Waals surface area contributed by atoms with E-state index in [2.05, 4.69) is 43.0 Å². The highest BCUT2D eigenvalue weighted by atomic mass is 16.7. The van der Waals surface area contributed by atoms with E-state index in [1.807, 2.05) is 12.1 Å². The Balaban J connectivity index is 0.000000345. The van der Waals surface area contributed by atoms with Crippen LogP contribution in [0.4, 0.5) is 0 Å². The lowest BCUT2D eigenvalue weighted by atomic mass is 9.89. The van der Waals surface area contributed by atoms with E-state index in [0.29, 0.717) is 19.5 Å². The van der Waals surface area contributed by atoms with Gasteiger partial charge in [-0.05, 0) is 99.5 Å². The van der Waals surface area contributed by atoms with Crippen LogP contribution in [0.3, 0.4) is 0 Å². The molecule has 242 valence electrons. The summed E-state index contributed by atoms with van der Waals surface area (Å²) in [5.74, 6) is -0.822. The van der Waals surface area contributed by atoms with Crippen molar-refractivity contribution in [1.29, 1.82) is 0 Å². The zero-order valence-electron chi connectivity index (χ0n) is 25.3. The van der Waals surface area contributed by atoms with E-state index in [1.54, 1.807) is 0 Å². The average Bonchev–Trinajstić information content (AvgIpc) is 3.64. The van der Waals surface area contributed by atoms with Crippen LogP contribution in [0.25, 0.3) is 0 Å². The lowest BCUT2D eigenvalue weighted by Gasteiger charge is -2.21. The number of carboxylic acids is 3. The van der Waals surface area contributed by atoms with Gasteiger partial charge in [0.05, 0.1) is 12.8 Å². The molecule has 0 amide bonds. The van der Waals surface area contributed by atoms with E-state index in [4.69, 9.17) is 39.4 Å². The Morgan fingerprint density at radius 3 is 1.61 bits per heavy atom. The van der Waals surface area contributed by atoms with Crippen LogP contribution >= 0.6 is 0 Å². The molecule has 2 aromatic rings. The Hall–Kier alpha value is -4.03. The van der Waals surface area contributed by atoms with Gasteiger partial charge in [-0.2, -0.15) is 0 Å². The summed E-state index contributed by atoms with van der Waals surface area (Å²) < 4.78 is 22.0. The number of aryl methyl sites for hydroxylation is 2. The molecule has 4 N–H and O–H groups in total. The van der Waals surface area contributed by atoms with Crippen molar-refractivity contribution in [2.75, 3.05) is 33.2 Å². The first-order valence-corrected chi connectivity index (χ1v) is 14.9. The molecule has 0 unspecified atom stereocenters. The molecule has 12 nitrogen and oxygen atoms in total. The van der Waals surface area contributed by atoms with Crippen LogP contribution < -0.4 is 18.9 Å². The largest absolute Gasteiger partial charge is 0.481 e. The fraction of sp³-hybridized carbons (Fsp3) is 0.531. The SMILES string of the molecule is CCN(CC)CCCC(CCc1ccc2c(c1)OCO2)CCc1ccc2c(c1)OCO2.O=C(O)CC(O)(CC(=O)O)C(=O)O. The van der Waals surface area contributed by atoms with Crippen LogP contribution in [-0.4, -0.2) is 82.1 Å². The first-order chi connectivity index (χ1) is 21.0. The van der Waals surface area contributed by atoms with Gasteiger partial charge in [-0.1, -0.05) is 26.0 Å². The maximum atomic E-state index is 10.3. The molecule has 0 saturated carbocycles. The molecule has 0 spiro atoms. The van der Waals surface area contributed by atoms with E-state index in [9.17, 15) is 14.4 Å². The zero-order chi connectivity index (χ0) is 32.1. The van der Waals surface area contributed by atoms with Gasteiger partial charge in [-0.3, -0.25) is 9.59 Å². The number of hydrogen-bond acceptors (Lipinski definition) is 9. The number of benzene rings is 2. The second kappa shape index (κ2) is 16.7. The van der Waals surface area contributed by atoms with Crippen LogP contribution in [0.2, 0.25) is 0 Å². The molecular formula is C32H43NO11. The highest BCUT2D eigenvalue weighted by molar-refractivity contribution is 5.88. The van der Waals surface area contributed by atoms with Gasteiger partial charge in [0.15, 0.2) is 28.6 Å². The topological polar surface area (TPSA) is 172 Å². The summed E-state index contributed by atoms with van der Waals surface area (Å²) in [6.07, 6.45) is 4.79. The van der Waals surface area contributed by atoms with E-state index >= 15 is 0 Å². The molecule has 0 bridgehead atoms. The molecule has 2 aromatic carbocycles. The zero-order valence-corrected chi connectivity index (χ0v) is 25.3. The van der Waals surface area contributed by atoms with Crippen molar-refractivity contribution in [1.82, 2.24) is 4.90 Å². The fourth-order valence-electron chi connectivity index (χ4n) is 5.22. The third-order valence-corrected chi connectivity index (χ3v) is 7.82. The fourth-order valence-corrected chi connectivity index (χ4v) is 5.22. The summed E-state index contributed by atoms with van der Waals surface area (Å²) >= 11 is 0. The number of rotatable bonds is 17. The molecule has 0 aromatic heterocycles. The Morgan fingerprint density at radius 1 is 0.750 bits per heavy atom. The number of aliphatic carboxylic acids is 3. The molecule has 44 heavy (non-hydrogen) atoms. The normalized spacial score (nSPS) is 13.1. The average molecular weight is 618 g/mol. The lowest BCUT2D eigenvalue weighted by Crippen LogP contribution is -2.42. The van der Waals surface area contributed by atoms with Gasteiger partial charge >= 0.3 is 17.9 Å². The van der Waals surface area contributed by atoms with Crippen LogP contribution in [0.15, 0.2) is 36.4 Å². The first kappa shape index (κ1) is 34.5. The van der Waals surface area contributed by atoms with Crippen molar-refractivity contribution in [2.45, 2.75) is 70.8 Å². The minimum atomic E-state index is -2.74. The number of aliphatic hydroxyl groups is 1.